The Labute approximate surface area is 164 Å². The van der Waals surface area contributed by atoms with Crippen molar-refractivity contribution in [3.8, 4) is 0 Å². The van der Waals surface area contributed by atoms with Crippen molar-refractivity contribution in [2.24, 2.45) is 5.92 Å². The first-order valence-electron chi connectivity index (χ1n) is 10.3. The van der Waals surface area contributed by atoms with Crippen LogP contribution in [0.4, 0.5) is 4.79 Å². The molecule has 0 radical (unpaired) electrons. The van der Waals surface area contributed by atoms with Crippen LogP contribution in [0.1, 0.15) is 68.3 Å². The van der Waals surface area contributed by atoms with E-state index in [1.165, 1.54) is 6.42 Å². The number of benzene rings is 1. The highest BCUT2D eigenvalue weighted by Crippen LogP contribution is 2.41. The van der Waals surface area contributed by atoms with Crippen molar-refractivity contribution >= 4 is 6.03 Å². The number of aromatic nitrogens is 2. The molecule has 0 N–H and O–H groups in total. The van der Waals surface area contributed by atoms with Crippen LogP contribution in [-0.4, -0.2) is 38.8 Å². The molecule has 3 heterocycles. The minimum atomic E-state index is -0.144. The van der Waals surface area contributed by atoms with Crippen molar-refractivity contribution in [3.63, 3.8) is 0 Å². The fourth-order valence-corrected chi connectivity index (χ4v) is 4.75. The Kier molecular flexibility index (Phi) is 4.55. The van der Waals surface area contributed by atoms with Crippen LogP contribution in [0.2, 0.25) is 0 Å². The number of nitrogens with zero attached hydrogens (tertiary/aromatic N) is 4. The number of hydroxylamine groups is 2. The maximum absolute atomic E-state index is 12.9. The van der Waals surface area contributed by atoms with Gasteiger partial charge < -0.3 is 9.32 Å². The van der Waals surface area contributed by atoms with Crippen molar-refractivity contribution in [1.82, 2.24) is 20.2 Å². The SMILES string of the molecule is C[C@H]1CC[C@@H](c2nnc([C@@H]3CC[C@@H]4CN3C(=O)N4OCc3ccccc3)o2)C1. The summed E-state index contributed by atoms with van der Waals surface area (Å²) in [6.07, 6.45) is 5.13. The van der Waals surface area contributed by atoms with Crippen LogP contribution >= 0.6 is 0 Å². The number of hydrogen-bond donors (Lipinski definition) is 0. The van der Waals surface area contributed by atoms with E-state index in [4.69, 9.17) is 9.25 Å². The summed E-state index contributed by atoms with van der Waals surface area (Å²) in [6.45, 7) is 3.31. The van der Waals surface area contributed by atoms with Gasteiger partial charge in [-0.2, -0.15) is 5.06 Å². The van der Waals surface area contributed by atoms with Crippen LogP contribution in [0.3, 0.4) is 0 Å². The van der Waals surface area contributed by atoms with Gasteiger partial charge in [-0.05, 0) is 43.6 Å². The van der Waals surface area contributed by atoms with Crippen LogP contribution in [0.5, 0.6) is 0 Å². The molecule has 1 aromatic carbocycles. The van der Waals surface area contributed by atoms with Crippen LogP contribution < -0.4 is 0 Å². The number of rotatable bonds is 5. The Morgan fingerprint density at radius 2 is 1.93 bits per heavy atom. The normalized spacial score (nSPS) is 29.7. The first kappa shape index (κ1) is 17.7. The van der Waals surface area contributed by atoms with Crippen molar-refractivity contribution in [2.45, 2.75) is 63.6 Å². The van der Waals surface area contributed by atoms with Gasteiger partial charge in [-0.3, -0.25) is 4.84 Å². The summed E-state index contributed by atoms with van der Waals surface area (Å²) < 4.78 is 6.04. The Morgan fingerprint density at radius 1 is 1.11 bits per heavy atom. The summed E-state index contributed by atoms with van der Waals surface area (Å²) in [5.41, 5.74) is 1.05. The van der Waals surface area contributed by atoms with E-state index in [1.807, 2.05) is 35.2 Å². The molecule has 7 nitrogen and oxygen atoms in total. The zero-order valence-electron chi connectivity index (χ0n) is 16.2. The van der Waals surface area contributed by atoms with Gasteiger partial charge in [-0.1, -0.05) is 37.3 Å². The van der Waals surface area contributed by atoms with Crippen molar-refractivity contribution < 1.29 is 14.0 Å². The maximum atomic E-state index is 12.9. The molecule has 3 aliphatic rings. The molecular formula is C21H26N4O3. The lowest BCUT2D eigenvalue weighted by molar-refractivity contribution is -0.140. The molecule has 2 aromatic rings. The van der Waals surface area contributed by atoms with Gasteiger partial charge in [0, 0.05) is 12.5 Å². The molecule has 28 heavy (non-hydrogen) atoms. The zero-order chi connectivity index (χ0) is 19.1. The number of carbonyl (C=O) groups is 1. The first-order valence-corrected chi connectivity index (χ1v) is 10.3. The predicted molar refractivity (Wildman–Crippen MR) is 101 cm³/mol. The van der Waals surface area contributed by atoms with Gasteiger partial charge in [0.05, 0.1) is 6.04 Å². The molecule has 0 spiro atoms. The molecule has 2 saturated heterocycles. The second-order valence-electron chi connectivity index (χ2n) is 8.36. The molecule has 148 valence electrons. The number of carbonyl (C=O) groups excluding carboxylic acids is 1. The number of amides is 2. The van der Waals surface area contributed by atoms with Gasteiger partial charge >= 0.3 is 6.03 Å². The monoisotopic (exact) mass is 382 g/mol. The second kappa shape index (κ2) is 7.20. The third kappa shape index (κ3) is 3.17. The van der Waals surface area contributed by atoms with Gasteiger partial charge in [-0.15, -0.1) is 10.2 Å². The molecule has 2 amide bonds. The lowest BCUT2D eigenvalue weighted by atomic mass is 10.0. The van der Waals surface area contributed by atoms with Crippen LogP contribution in [-0.2, 0) is 11.4 Å². The third-order valence-corrected chi connectivity index (χ3v) is 6.32. The summed E-state index contributed by atoms with van der Waals surface area (Å²) in [6, 6.07) is 9.76. The van der Waals surface area contributed by atoms with Gasteiger partial charge in [0.2, 0.25) is 11.8 Å². The topological polar surface area (TPSA) is 71.7 Å². The minimum absolute atomic E-state index is 0.0885. The van der Waals surface area contributed by atoms with E-state index in [0.717, 1.165) is 37.1 Å². The fraction of sp³-hybridized carbons (Fsp3) is 0.571. The van der Waals surface area contributed by atoms with E-state index in [0.29, 0.717) is 30.9 Å². The summed E-state index contributed by atoms with van der Waals surface area (Å²) >= 11 is 0. The number of fused-ring (bicyclic) bond motifs is 2. The van der Waals surface area contributed by atoms with Gasteiger partial charge in [0.25, 0.3) is 0 Å². The Balaban J connectivity index is 1.27. The highest BCUT2D eigenvalue weighted by molar-refractivity contribution is 5.77. The molecule has 2 aliphatic heterocycles. The molecule has 4 atom stereocenters. The predicted octanol–water partition coefficient (Wildman–Crippen LogP) is 4.05. The van der Waals surface area contributed by atoms with Gasteiger partial charge in [-0.25, -0.2) is 4.79 Å². The van der Waals surface area contributed by atoms with E-state index in [2.05, 4.69) is 17.1 Å². The first-order chi connectivity index (χ1) is 13.7. The molecule has 0 unspecified atom stereocenters. The van der Waals surface area contributed by atoms with E-state index in [-0.39, 0.29) is 18.1 Å². The van der Waals surface area contributed by atoms with E-state index in [9.17, 15) is 4.79 Å². The molecule has 3 fully saturated rings. The number of hydrogen-bond acceptors (Lipinski definition) is 5. The van der Waals surface area contributed by atoms with Crippen LogP contribution in [0, 0.1) is 5.92 Å². The third-order valence-electron chi connectivity index (χ3n) is 6.32. The lowest BCUT2D eigenvalue weighted by Gasteiger charge is -2.27. The van der Waals surface area contributed by atoms with E-state index >= 15 is 0 Å². The largest absolute Gasteiger partial charge is 0.423 e. The average Bonchev–Trinajstić information content (AvgIpc) is 3.42. The van der Waals surface area contributed by atoms with E-state index in [1.54, 1.807) is 5.06 Å². The molecule has 1 aromatic heterocycles. The van der Waals surface area contributed by atoms with Crippen molar-refractivity contribution in [1.29, 1.82) is 0 Å². The maximum Gasteiger partial charge on any atom is 0.345 e. The van der Waals surface area contributed by atoms with Crippen molar-refractivity contribution in [3.05, 3.63) is 47.7 Å². The summed E-state index contributed by atoms with van der Waals surface area (Å²) in [4.78, 5) is 20.6. The van der Waals surface area contributed by atoms with Crippen molar-refractivity contribution in [2.75, 3.05) is 6.54 Å². The number of piperidine rings is 1. The second-order valence-corrected chi connectivity index (χ2v) is 8.36. The Hall–Kier alpha value is -2.41. The molecule has 5 rings (SSSR count). The van der Waals surface area contributed by atoms with Gasteiger partial charge in [0.15, 0.2) is 0 Å². The quantitative estimate of drug-likeness (QED) is 0.780. The summed E-state index contributed by atoms with van der Waals surface area (Å²) in [7, 11) is 0. The Bertz CT molecular complexity index is 839. The van der Waals surface area contributed by atoms with Crippen LogP contribution in [0.25, 0.3) is 0 Å². The van der Waals surface area contributed by atoms with E-state index < -0.39 is 0 Å². The minimum Gasteiger partial charge on any atom is -0.423 e. The lowest BCUT2D eigenvalue weighted by Crippen LogP contribution is -2.34. The molecular weight excluding hydrogens is 356 g/mol. The Morgan fingerprint density at radius 3 is 2.71 bits per heavy atom. The molecule has 1 aliphatic carbocycles. The van der Waals surface area contributed by atoms with Crippen LogP contribution in [0.15, 0.2) is 34.7 Å². The highest BCUT2D eigenvalue weighted by Gasteiger charge is 2.48. The highest BCUT2D eigenvalue weighted by atomic mass is 16.7. The number of urea groups is 1. The summed E-state index contributed by atoms with van der Waals surface area (Å²) in [5, 5.41) is 10.2. The molecule has 2 bridgehead atoms. The molecule has 1 saturated carbocycles. The van der Waals surface area contributed by atoms with Gasteiger partial charge in [0.1, 0.15) is 12.6 Å². The average molecular weight is 382 g/mol. The zero-order valence-corrected chi connectivity index (χ0v) is 16.2. The fourth-order valence-electron chi connectivity index (χ4n) is 4.75. The summed E-state index contributed by atoms with van der Waals surface area (Å²) in [5.74, 6) is 2.40. The standard InChI is InChI=1S/C21H26N4O3/c1-14-7-8-16(11-14)19-22-23-20(28-19)18-10-9-17-12-24(18)21(26)25(17)27-13-15-5-3-2-4-6-15/h2-6,14,16-18H,7-13H2,1H3/t14-,16+,17+,18-/m0/s1. The molecule has 7 heteroatoms. The smallest absolute Gasteiger partial charge is 0.345 e.